The smallest absolute Gasteiger partial charge is 0.223 e. The molecule has 0 amide bonds. The second-order valence-electron chi connectivity index (χ2n) is 7.06. The fourth-order valence-corrected chi connectivity index (χ4v) is 4.58. The molecule has 0 N–H and O–H groups in total. The molecule has 0 atom stereocenters. The molecule has 0 radical (unpaired) electrons. The molecule has 0 saturated heterocycles. The van der Waals surface area contributed by atoms with Gasteiger partial charge in [0, 0.05) is 18.4 Å². The van der Waals surface area contributed by atoms with Crippen molar-refractivity contribution in [3.63, 3.8) is 0 Å². The summed E-state index contributed by atoms with van der Waals surface area (Å²) < 4.78 is 31.2. The minimum absolute atomic E-state index is 0.222. The first-order valence-corrected chi connectivity index (χ1v) is 10.3. The predicted octanol–water partition coefficient (Wildman–Crippen LogP) is 3.11. The fourth-order valence-electron chi connectivity index (χ4n) is 3.23. The second kappa shape index (κ2) is 7.23. The molecule has 2 rings (SSSR count). The summed E-state index contributed by atoms with van der Waals surface area (Å²) in [5.41, 5.74) is 2.66. The van der Waals surface area contributed by atoms with E-state index in [2.05, 4.69) is 18.9 Å². The van der Waals surface area contributed by atoms with Gasteiger partial charge in [-0.05, 0) is 49.4 Å². The Bertz CT molecular complexity index is 956. The van der Waals surface area contributed by atoms with E-state index in [1.807, 2.05) is 0 Å². The molecule has 0 aliphatic heterocycles. The lowest BCUT2D eigenvalue weighted by Crippen LogP contribution is -2.12. The van der Waals surface area contributed by atoms with Gasteiger partial charge in [0.05, 0.1) is 18.2 Å². The van der Waals surface area contributed by atoms with Crippen molar-refractivity contribution in [3.05, 3.63) is 40.1 Å². The molecule has 0 saturated carbocycles. The number of ketones is 1. The first kappa shape index (κ1) is 20.2. The van der Waals surface area contributed by atoms with E-state index in [1.165, 1.54) is 19.6 Å². The van der Waals surface area contributed by atoms with Gasteiger partial charge in [-0.25, -0.2) is 13.1 Å². The Morgan fingerprint density at radius 3 is 2.31 bits per heavy atom. The number of nitrogens with zero attached hydrogens (tertiary/aromatic N) is 2. The van der Waals surface area contributed by atoms with Crippen molar-refractivity contribution < 1.29 is 17.9 Å². The maximum Gasteiger partial charge on any atom is 0.223 e. The van der Waals surface area contributed by atoms with Crippen molar-refractivity contribution in [2.24, 2.45) is 5.92 Å². The normalized spacial score (nSPS) is 11.8. The van der Waals surface area contributed by atoms with Crippen molar-refractivity contribution in [1.82, 2.24) is 9.78 Å². The third kappa shape index (κ3) is 3.67. The molecule has 2 aromatic rings. The number of ether oxygens (including phenoxy) is 1. The Hall–Kier alpha value is -2.15. The molecule has 142 valence electrons. The maximum absolute atomic E-state index is 13.1. The van der Waals surface area contributed by atoms with Crippen LogP contribution in [0.15, 0.2) is 17.2 Å². The van der Waals surface area contributed by atoms with Gasteiger partial charge in [-0.2, -0.15) is 5.10 Å². The van der Waals surface area contributed by atoms with Gasteiger partial charge in [0.1, 0.15) is 5.56 Å². The summed E-state index contributed by atoms with van der Waals surface area (Å²) in [6, 6.07) is 1.64. The van der Waals surface area contributed by atoms with E-state index in [0.29, 0.717) is 46.2 Å². The van der Waals surface area contributed by atoms with Crippen LogP contribution in [0, 0.1) is 26.7 Å². The van der Waals surface area contributed by atoms with E-state index >= 15 is 0 Å². The van der Waals surface area contributed by atoms with Gasteiger partial charge in [0.2, 0.25) is 5.88 Å². The van der Waals surface area contributed by atoms with Crippen LogP contribution in [-0.4, -0.2) is 37.3 Å². The molecule has 1 heterocycles. The van der Waals surface area contributed by atoms with Crippen LogP contribution < -0.4 is 4.74 Å². The highest BCUT2D eigenvalue weighted by molar-refractivity contribution is 7.90. The van der Waals surface area contributed by atoms with Crippen LogP contribution in [0.25, 0.3) is 0 Å². The van der Waals surface area contributed by atoms with E-state index < -0.39 is 9.84 Å². The number of hydrogen-bond donors (Lipinski definition) is 0. The molecule has 0 aliphatic carbocycles. The summed E-state index contributed by atoms with van der Waals surface area (Å²) in [5.74, 6) is 0.554. The lowest BCUT2D eigenvalue weighted by Gasteiger charge is -2.15. The summed E-state index contributed by atoms with van der Waals surface area (Å²) in [4.78, 5) is 13.4. The lowest BCUT2D eigenvalue weighted by molar-refractivity contribution is 0.103. The maximum atomic E-state index is 13.1. The van der Waals surface area contributed by atoms with Gasteiger partial charge >= 0.3 is 0 Å². The van der Waals surface area contributed by atoms with Crippen LogP contribution >= 0.6 is 0 Å². The number of methoxy groups -OCH3 is 1. The number of rotatable bonds is 6. The molecule has 26 heavy (non-hydrogen) atoms. The summed E-state index contributed by atoms with van der Waals surface area (Å²) in [7, 11) is -1.85. The molecule has 1 aromatic carbocycles. The van der Waals surface area contributed by atoms with Crippen LogP contribution in [0.4, 0.5) is 0 Å². The number of aryl methyl sites for hydroxylation is 1. The van der Waals surface area contributed by atoms with Crippen LogP contribution in [0.1, 0.15) is 46.5 Å². The number of carbonyl (C=O) groups excluding carboxylic acids is 1. The highest BCUT2D eigenvalue weighted by atomic mass is 32.2. The zero-order valence-corrected chi connectivity index (χ0v) is 17.2. The molecule has 1 aromatic heterocycles. The van der Waals surface area contributed by atoms with E-state index in [0.717, 1.165) is 0 Å². The van der Waals surface area contributed by atoms with E-state index in [4.69, 9.17) is 4.74 Å². The quantitative estimate of drug-likeness (QED) is 0.722. The zero-order valence-electron chi connectivity index (χ0n) is 16.4. The molecule has 0 bridgehead atoms. The van der Waals surface area contributed by atoms with Crippen molar-refractivity contribution in [2.45, 2.75) is 46.1 Å². The summed E-state index contributed by atoms with van der Waals surface area (Å²) in [6.07, 6.45) is 2.69. The van der Waals surface area contributed by atoms with Gasteiger partial charge in [0.15, 0.2) is 15.6 Å². The van der Waals surface area contributed by atoms with Crippen LogP contribution in [0.3, 0.4) is 0 Å². The van der Waals surface area contributed by atoms with Crippen molar-refractivity contribution >= 4 is 15.6 Å². The Balaban J connectivity index is 2.60. The van der Waals surface area contributed by atoms with E-state index in [9.17, 15) is 13.2 Å². The van der Waals surface area contributed by atoms with Gasteiger partial charge in [-0.1, -0.05) is 13.8 Å². The molecular weight excluding hydrogens is 352 g/mol. The molecule has 0 fully saturated rings. The zero-order chi connectivity index (χ0) is 19.8. The third-order valence-corrected chi connectivity index (χ3v) is 5.78. The van der Waals surface area contributed by atoms with E-state index in [1.54, 1.807) is 31.5 Å². The van der Waals surface area contributed by atoms with Gasteiger partial charge < -0.3 is 4.74 Å². The molecule has 0 unspecified atom stereocenters. The molecule has 7 heteroatoms. The topological polar surface area (TPSA) is 78.3 Å². The Kier molecular flexibility index (Phi) is 5.61. The van der Waals surface area contributed by atoms with Crippen molar-refractivity contribution in [2.75, 3.05) is 13.4 Å². The molecule has 6 nitrogen and oxygen atoms in total. The number of sulfone groups is 1. The summed E-state index contributed by atoms with van der Waals surface area (Å²) in [5, 5.41) is 4.28. The third-order valence-electron chi connectivity index (χ3n) is 4.41. The largest absolute Gasteiger partial charge is 0.481 e. The second-order valence-corrected chi connectivity index (χ2v) is 9.02. The number of hydrogen-bond acceptors (Lipinski definition) is 5. The highest BCUT2D eigenvalue weighted by Crippen LogP contribution is 2.30. The standard InChI is InChI=1S/C19H26N2O4S/c1-11(2)10-21-19(25-6)16(9-20-21)17(22)15-8-12(3)18(26(7,23)24)14(5)13(15)4/h8-9,11H,10H2,1-7H3. The predicted molar refractivity (Wildman–Crippen MR) is 101 cm³/mol. The fraction of sp³-hybridized carbons (Fsp3) is 0.474. The number of aromatic nitrogens is 2. The summed E-state index contributed by atoms with van der Waals surface area (Å²) in [6.45, 7) is 9.96. The highest BCUT2D eigenvalue weighted by Gasteiger charge is 2.25. The molecule has 0 spiro atoms. The van der Waals surface area contributed by atoms with Crippen molar-refractivity contribution in [1.29, 1.82) is 0 Å². The monoisotopic (exact) mass is 378 g/mol. The van der Waals surface area contributed by atoms with Gasteiger partial charge in [-0.3, -0.25) is 4.79 Å². The minimum atomic E-state index is -3.37. The van der Waals surface area contributed by atoms with Gasteiger partial charge in [0.25, 0.3) is 0 Å². The number of benzene rings is 1. The SMILES string of the molecule is COc1c(C(=O)c2cc(C)c(S(C)(=O)=O)c(C)c2C)cnn1CC(C)C. The Morgan fingerprint density at radius 2 is 1.81 bits per heavy atom. The number of carbonyl (C=O) groups is 1. The van der Waals surface area contributed by atoms with Crippen LogP contribution in [0.5, 0.6) is 5.88 Å². The first-order valence-electron chi connectivity index (χ1n) is 8.44. The molecular formula is C19H26N2O4S. The summed E-state index contributed by atoms with van der Waals surface area (Å²) >= 11 is 0. The van der Waals surface area contributed by atoms with E-state index in [-0.39, 0.29) is 10.7 Å². The minimum Gasteiger partial charge on any atom is -0.481 e. The molecule has 0 aliphatic rings. The van der Waals surface area contributed by atoms with Crippen LogP contribution in [0.2, 0.25) is 0 Å². The first-order chi connectivity index (χ1) is 12.0. The average Bonchev–Trinajstić information content (AvgIpc) is 2.90. The van der Waals surface area contributed by atoms with Gasteiger partial charge in [-0.15, -0.1) is 0 Å². The Morgan fingerprint density at radius 1 is 1.19 bits per heavy atom. The Labute approximate surface area is 155 Å². The van der Waals surface area contributed by atoms with Crippen LogP contribution in [-0.2, 0) is 16.4 Å². The average molecular weight is 378 g/mol. The lowest BCUT2D eigenvalue weighted by atomic mass is 9.95. The van der Waals surface area contributed by atoms with Crippen molar-refractivity contribution in [3.8, 4) is 5.88 Å².